The van der Waals surface area contributed by atoms with Gasteiger partial charge in [-0.25, -0.2) is 0 Å². The summed E-state index contributed by atoms with van der Waals surface area (Å²) in [7, 11) is 0. The van der Waals surface area contributed by atoms with Gasteiger partial charge in [0.1, 0.15) is 0 Å². The van der Waals surface area contributed by atoms with Crippen molar-refractivity contribution in [2.75, 3.05) is 6.61 Å². The summed E-state index contributed by atoms with van der Waals surface area (Å²) in [6, 6.07) is 9.52. The van der Waals surface area contributed by atoms with Crippen molar-refractivity contribution < 1.29 is 9.26 Å². The SMILES string of the molecule is CCO/C=N\c1noc(-c2ccccc2)n1. The van der Waals surface area contributed by atoms with E-state index in [0.717, 1.165) is 5.56 Å². The minimum atomic E-state index is 0.257. The van der Waals surface area contributed by atoms with Gasteiger partial charge in [-0.15, -0.1) is 0 Å². The van der Waals surface area contributed by atoms with Gasteiger partial charge in [-0.1, -0.05) is 18.2 Å². The van der Waals surface area contributed by atoms with Crippen molar-refractivity contribution in [1.29, 1.82) is 0 Å². The first-order chi connectivity index (χ1) is 7.90. The van der Waals surface area contributed by atoms with Crippen LogP contribution in [0.4, 0.5) is 5.95 Å². The highest BCUT2D eigenvalue weighted by Gasteiger charge is 2.06. The minimum Gasteiger partial charge on any atom is -0.483 e. The van der Waals surface area contributed by atoms with Crippen LogP contribution < -0.4 is 0 Å². The summed E-state index contributed by atoms with van der Waals surface area (Å²) in [6.45, 7) is 2.44. The van der Waals surface area contributed by atoms with Crippen LogP contribution >= 0.6 is 0 Å². The number of rotatable bonds is 4. The van der Waals surface area contributed by atoms with Crippen LogP contribution in [0.25, 0.3) is 11.5 Å². The van der Waals surface area contributed by atoms with Crippen molar-refractivity contribution in [1.82, 2.24) is 10.1 Å². The highest BCUT2D eigenvalue weighted by atomic mass is 16.5. The topological polar surface area (TPSA) is 60.5 Å². The van der Waals surface area contributed by atoms with Crippen LogP contribution in [0, 0.1) is 0 Å². The van der Waals surface area contributed by atoms with Gasteiger partial charge < -0.3 is 9.26 Å². The third-order valence-electron chi connectivity index (χ3n) is 1.85. The third kappa shape index (κ3) is 2.44. The molecular weight excluding hydrogens is 206 g/mol. The van der Waals surface area contributed by atoms with Crippen molar-refractivity contribution in [3.8, 4) is 11.5 Å². The molecule has 0 fully saturated rings. The van der Waals surface area contributed by atoms with E-state index in [1.165, 1.54) is 6.40 Å². The maximum atomic E-state index is 5.05. The Morgan fingerprint density at radius 3 is 2.94 bits per heavy atom. The van der Waals surface area contributed by atoms with Crippen molar-refractivity contribution in [2.45, 2.75) is 6.92 Å². The molecule has 0 saturated heterocycles. The number of aromatic nitrogens is 2. The Bertz CT molecular complexity index is 465. The molecule has 82 valence electrons. The summed E-state index contributed by atoms with van der Waals surface area (Å²) in [5.74, 6) is 0.705. The maximum Gasteiger partial charge on any atom is 0.292 e. The Kier molecular flexibility index (Phi) is 3.28. The average molecular weight is 217 g/mol. The molecule has 0 aliphatic carbocycles. The van der Waals surface area contributed by atoms with Crippen LogP contribution in [0.3, 0.4) is 0 Å². The van der Waals surface area contributed by atoms with E-state index in [-0.39, 0.29) is 5.95 Å². The fourth-order valence-electron chi connectivity index (χ4n) is 1.13. The van der Waals surface area contributed by atoms with Gasteiger partial charge in [0.15, 0.2) is 6.40 Å². The average Bonchev–Trinajstić information content (AvgIpc) is 2.79. The summed E-state index contributed by atoms with van der Waals surface area (Å²) < 4.78 is 9.99. The molecule has 0 bridgehead atoms. The minimum absolute atomic E-state index is 0.257. The first-order valence-electron chi connectivity index (χ1n) is 4.93. The molecule has 1 aromatic carbocycles. The van der Waals surface area contributed by atoms with Gasteiger partial charge in [0.2, 0.25) is 0 Å². The summed E-state index contributed by atoms with van der Waals surface area (Å²) in [5, 5.41) is 3.70. The molecule has 0 aliphatic rings. The second-order valence-electron chi connectivity index (χ2n) is 2.96. The van der Waals surface area contributed by atoms with Gasteiger partial charge in [0.25, 0.3) is 11.8 Å². The number of ether oxygens (including phenoxy) is 1. The smallest absolute Gasteiger partial charge is 0.292 e. The lowest BCUT2D eigenvalue weighted by Crippen LogP contribution is -1.84. The molecule has 0 atom stereocenters. The van der Waals surface area contributed by atoms with Crippen molar-refractivity contribution in [3.63, 3.8) is 0 Å². The van der Waals surface area contributed by atoms with Gasteiger partial charge in [0, 0.05) is 5.56 Å². The van der Waals surface area contributed by atoms with Crippen LogP contribution in [-0.2, 0) is 4.74 Å². The van der Waals surface area contributed by atoms with E-state index in [0.29, 0.717) is 12.5 Å². The van der Waals surface area contributed by atoms with Gasteiger partial charge in [-0.2, -0.15) is 9.98 Å². The lowest BCUT2D eigenvalue weighted by Gasteiger charge is -1.90. The normalized spacial score (nSPS) is 10.8. The fourth-order valence-corrected chi connectivity index (χ4v) is 1.13. The van der Waals surface area contributed by atoms with Gasteiger partial charge >= 0.3 is 0 Å². The molecule has 0 N–H and O–H groups in total. The molecule has 0 aliphatic heterocycles. The summed E-state index contributed by atoms with van der Waals surface area (Å²) in [5.41, 5.74) is 0.868. The van der Waals surface area contributed by atoms with Gasteiger partial charge in [-0.05, 0) is 24.2 Å². The van der Waals surface area contributed by atoms with E-state index >= 15 is 0 Å². The molecule has 5 nitrogen and oxygen atoms in total. The lowest BCUT2D eigenvalue weighted by molar-refractivity contribution is 0.343. The Hall–Kier alpha value is -2.17. The third-order valence-corrected chi connectivity index (χ3v) is 1.85. The molecule has 1 aromatic heterocycles. The molecule has 16 heavy (non-hydrogen) atoms. The molecule has 0 amide bonds. The zero-order valence-electron chi connectivity index (χ0n) is 8.83. The second kappa shape index (κ2) is 5.06. The fraction of sp³-hybridized carbons (Fsp3) is 0.182. The van der Waals surface area contributed by atoms with Crippen molar-refractivity contribution >= 4 is 12.3 Å². The molecule has 0 spiro atoms. The number of hydrogen-bond acceptors (Lipinski definition) is 5. The molecule has 2 aromatic rings. The van der Waals surface area contributed by atoms with E-state index in [1.54, 1.807) is 0 Å². The molecular formula is C11H11N3O2. The molecule has 2 rings (SSSR count). The highest BCUT2D eigenvalue weighted by Crippen LogP contribution is 2.18. The van der Waals surface area contributed by atoms with E-state index < -0.39 is 0 Å². The largest absolute Gasteiger partial charge is 0.483 e. The van der Waals surface area contributed by atoms with E-state index in [1.807, 2.05) is 37.3 Å². The quantitative estimate of drug-likeness (QED) is 0.583. The molecule has 0 saturated carbocycles. The predicted molar refractivity (Wildman–Crippen MR) is 59.5 cm³/mol. The Labute approximate surface area is 92.8 Å². The number of benzene rings is 1. The number of nitrogens with zero attached hydrogens (tertiary/aromatic N) is 3. The zero-order valence-corrected chi connectivity index (χ0v) is 8.83. The Balaban J connectivity index is 2.14. The monoisotopic (exact) mass is 217 g/mol. The highest BCUT2D eigenvalue weighted by molar-refractivity contribution is 5.55. The van der Waals surface area contributed by atoms with Crippen LogP contribution in [0.2, 0.25) is 0 Å². The van der Waals surface area contributed by atoms with E-state index in [2.05, 4.69) is 15.1 Å². The van der Waals surface area contributed by atoms with Crippen LogP contribution in [0.5, 0.6) is 0 Å². The summed E-state index contributed by atoms with van der Waals surface area (Å²) in [6.07, 6.45) is 1.31. The number of hydrogen-bond donors (Lipinski definition) is 0. The van der Waals surface area contributed by atoms with Gasteiger partial charge in [-0.3, -0.25) is 0 Å². The van der Waals surface area contributed by atoms with Crippen LogP contribution in [0.15, 0.2) is 39.8 Å². The summed E-state index contributed by atoms with van der Waals surface area (Å²) >= 11 is 0. The van der Waals surface area contributed by atoms with E-state index in [4.69, 9.17) is 9.26 Å². The Morgan fingerprint density at radius 2 is 2.19 bits per heavy atom. The molecule has 5 heteroatoms. The first kappa shape index (κ1) is 10.4. The second-order valence-corrected chi connectivity index (χ2v) is 2.96. The standard InChI is InChI=1S/C11H11N3O2/c1-2-15-8-12-11-13-10(16-14-11)9-6-4-3-5-7-9/h3-8H,2H2,1H3/b12-8-. The number of aliphatic imine (C=N–C) groups is 1. The lowest BCUT2D eigenvalue weighted by atomic mass is 10.2. The molecule has 1 heterocycles. The van der Waals surface area contributed by atoms with Crippen molar-refractivity contribution in [2.24, 2.45) is 4.99 Å². The van der Waals surface area contributed by atoms with Gasteiger partial charge in [0.05, 0.1) is 6.61 Å². The summed E-state index contributed by atoms with van der Waals surface area (Å²) in [4.78, 5) is 7.98. The van der Waals surface area contributed by atoms with Crippen LogP contribution in [-0.4, -0.2) is 23.1 Å². The zero-order chi connectivity index (χ0) is 11.2. The van der Waals surface area contributed by atoms with Crippen LogP contribution in [0.1, 0.15) is 6.92 Å². The first-order valence-corrected chi connectivity index (χ1v) is 4.93. The predicted octanol–water partition coefficient (Wildman–Crippen LogP) is 2.43. The molecule has 0 radical (unpaired) electrons. The van der Waals surface area contributed by atoms with E-state index in [9.17, 15) is 0 Å². The maximum absolute atomic E-state index is 5.05. The molecule has 0 unspecified atom stereocenters. The van der Waals surface area contributed by atoms with Crippen molar-refractivity contribution in [3.05, 3.63) is 30.3 Å². The Morgan fingerprint density at radius 1 is 1.38 bits per heavy atom.